The fraction of sp³-hybridized carbons (Fsp3) is 0.125. The smallest absolute Gasteiger partial charge is 0.326 e. The summed E-state index contributed by atoms with van der Waals surface area (Å²) in [5.74, 6) is -0.385. The van der Waals surface area contributed by atoms with Crippen molar-refractivity contribution in [3.63, 3.8) is 0 Å². The summed E-state index contributed by atoms with van der Waals surface area (Å²) in [5, 5.41) is 1.98. The van der Waals surface area contributed by atoms with Crippen LogP contribution in [0.15, 0.2) is 18.2 Å². The number of benzene rings is 1. The Kier molecular flexibility index (Phi) is 3.89. The molecule has 0 bridgehead atoms. The number of carbonyl (C=O) groups excluding carboxylic acids is 1. The van der Waals surface area contributed by atoms with Crippen LogP contribution in [0.25, 0.3) is 0 Å². The van der Waals surface area contributed by atoms with Crippen molar-refractivity contribution in [3.05, 3.63) is 23.2 Å². The summed E-state index contributed by atoms with van der Waals surface area (Å²) < 4.78 is 44.9. The first-order chi connectivity index (χ1) is 7.71. The van der Waals surface area contributed by atoms with Crippen molar-refractivity contribution >= 4 is 39.3 Å². The van der Waals surface area contributed by atoms with E-state index < -0.39 is 20.6 Å². The minimum Gasteiger partial charge on any atom is -0.326 e. The van der Waals surface area contributed by atoms with Gasteiger partial charge in [-0.05, 0) is 18.2 Å². The Morgan fingerprint density at radius 1 is 1.47 bits per heavy atom. The molecule has 0 radical (unpaired) electrons. The van der Waals surface area contributed by atoms with Crippen LogP contribution in [0.3, 0.4) is 0 Å². The predicted octanol–water partition coefficient (Wildman–Crippen LogP) is 2.20. The number of nitrogens with zero attached hydrogens (tertiary/aromatic N) is 1. The van der Waals surface area contributed by atoms with E-state index >= 15 is 0 Å². The Balaban J connectivity index is 3.10. The molecule has 0 heterocycles. The molecule has 0 aliphatic rings. The summed E-state index contributed by atoms with van der Waals surface area (Å²) in [6.45, 7) is 1.25. The molecule has 0 spiro atoms. The van der Waals surface area contributed by atoms with Gasteiger partial charge in [0, 0.05) is 12.6 Å². The van der Waals surface area contributed by atoms with E-state index in [4.69, 9.17) is 11.6 Å². The van der Waals surface area contributed by atoms with Crippen molar-refractivity contribution in [1.29, 1.82) is 0 Å². The zero-order valence-electron chi connectivity index (χ0n) is 8.45. The molecule has 94 valence electrons. The third-order valence-corrected chi connectivity index (χ3v) is 2.53. The largest absolute Gasteiger partial charge is 0.426 e. The topological polar surface area (TPSA) is 66.5 Å². The SMILES string of the molecule is CC(=O)Nc1ccc(N(F)S(=O)(=O)F)c(Cl)c1. The molecule has 5 nitrogen and oxygen atoms in total. The average molecular weight is 285 g/mol. The maximum Gasteiger partial charge on any atom is 0.426 e. The molecule has 1 N–H and O–H groups in total. The zero-order valence-corrected chi connectivity index (χ0v) is 10.0. The van der Waals surface area contributed by atoms with Crippen LogP contribution in [0.1, 0.15) is 6.92 Å². The van der Waals surface area contributed by atoms with Gasteiger partial charge in [-0.15, -0.1) is 0 Å². The summed E-state index contributed by atoms with van der Waals surface area (Å²) >= 11 is 5.55. The van der Waals surface area contributed by atoms with Crippen LogP contribution < -0.4 is 9.84 Å². The highest BCUT2D eigenvalue weighted by Crippen LogP contribution is 2.31. The number of halogens is 3. The van der Waals surface area contributed by atoms with Crippen molar-refractivity contribution in [2.24, 2.45) is 0 Å². The number of hydrogen-bond donors (Lipinski definition) is 1. The third-order valence-electron chi connectivity index (χ3n) is 1.65. The Bertz CT molecular complexity index is 550. The molecule has 0 saturated heterocycles. The van der Waals surface area contributed by atoms with Crippen molar-refractivity contribution in [2.75, 3.05) is 9.84 Å². The van der Waals surface area contributed by atoms with Crippen LogP contribution in [-0.2, 0) is 15.2 Å². The first-order valence-electron chi connectivity index (χ1n) is 4.19. The third kappa shape index (κ3) is 3.53. The van der Waals surface area contributed by atoms with E-state index in [1.165, 1.54) is 13.0 Å². The van der Waals surface area contributed by atoms with Gasteiger partial charge in [-0.3, -0.25) is 4.79 Å². The molecule has 0 aliphatic carbocycles. The van der Waals surface area contributed by atoms with Gasteiger partial charge in [0.2, 0.25) is 5.91 Å². The van der Waals surface area contributed by atoms with E-state index in [0.717, 1.165) is 12.1 Å². The van der Waals surface area contributed by atoms with Crippen molar-refractivity contribution in [3.8, 4) is 0 Å². The minimum atomic E-state index is -5.52. The molecule has 0 aliphatic heterocycles. The van der Waals surface area contributed by atoms with Crippen molar-refractivity contribution in [2.45, 2.75) is 6.92 Å². The molecular weight excluding hydrogens is 278 g/mol. The maximum atomic E-state index is 13.0. The molecule has 17 heavy (non-hydrogen) atoms. The van der Waals surface area contributed by atoms with Crippen LogP contribution in [0.5, 0.6) is 0 Å². The van der Waals surface area contributed by atoms with Gasteiger partial charge in [0.1, 0.15) is 5.69 Å². The lowest BCUT2D eigenvalue weighted by molar-refractivity contribution is -0.114. The predicted molar refractivity (Wildman–Crippen MR) is 59.4 cm³/mol. The summed E-state index contributed by atoms with van der Waals surface area (Å²) in [6, 6.07) is 3.20. The number of amides is 1. The standard InChI is InChI=1S/C8H7ClF2N2O3S/c1-5(14)12-6-2-3-8(7(9)4-6)13(10)17(11,15)16/h2-4H,1H3,(H,12,14). The fourth-order valence-corrected chi connectivity index (χ4v) is 1.75. The molecule has 1 amide bonds. The molecule has 0 saturated carbocycles. The molecule has 0 fully saturated rings. The van der Waals surface area contributed by atoms with E-state index in [2.05, 4.69) is 5.32 Å². The lowest BCUT2D eigenvalue weighted by Gasteiger charge is -2.11. The summed E-state index contributed by atoms with van der Waals surface area (Å²) in [6.07, 6.45) is 0. The number of hydrogen-bond acceptors (Lipinski definition) is 3. The van der Waals surface area contributed by atoms with Gasteiger partial charge >= 0.3 is 10.4 Å². The number of nitrogens with one attached hydrogen (secondary N) is 1. The molecule has 1 aromatic rings. The first kappa shape index (κ1) is 13.7. The molecule has 9 heteroatoms. The molecule has 0 unspecified atom stereocenters. The van der Waals surface area contributed by atoms with Crippen LogP contribution in [0, 0.1) is 0 Å². The Morgan fingerprint density at radius 2 is 2.06 bits per heavy atom. The average Bonchev–Trinajstić information content (AvgIpc) is 2.14. The molecule has 0 atom stereocenters. The number of anilines is 2. The summed E-state index contributed by atoms with van der Waals surface area (Å²) in [7, 11) is -5.52. The van der Waals surface area contributed by atoms with Gasteiger partial charge in [-0.2, -0.15) is 8.42 Å². The van der Waals surface area contributed by atoms with Gasteiger partial charge < -0.3 is 5.32 Å². The van der Waals surface area contributed by atoms with Crippen LogP contribution in [-0.4, -0.2) is 14.3 Å². The Labute approximate surface area is 101 Å². The lowest BCUT2D eigenvalue weighted by atomic mass is 10.3. The highest BCUT2D eigenvalue weighted by Gasteiger charge is 2.24. The summed E-state index contributed by atoms with van der Waals surface area (Å²) in [5.41, 5.74) is -0.445. The van der Waals surface area contributed by atoms with E-state index in [1.54, 1.807) is 0 Å². The quantitative estimate of drug-likeness (QED) is 0.683. The summed E-state index contributed by atoms with van der Waals surface area (Å²) in [4.78, 5) is 10.7. The second-order valence-corrected chi connectivity index (χ2v) is 4.56. The maximum absolute atomic E-state index is 13.0. The highest BCUT2D eigenvalue weighted by molar-refractivity contribution is 7.87. The zero-order chi connectivity index (χ0) is 13.2. The van der Waals surface area contributed by atoms with E-state index in [-0.39, 0.29) is 16.6 Å². The molecule has 1 rings (SSSR count). The minimum absolute atomic E-state index is 0.232. The van der Waals surface area contributed by atoms with Gasteiger partial charge in [0.25, 0.3) is 0 Å². The normalized spacial score (nSPS) is 11.1. The first-order valence-corrected chi connectivity index (χ1v) is 5.91. The lowest BCUT2D eigenvalue weighted by Crippen LogP contribution is -2.17. The van der Waals surface area contributed by atoms with Gasteiger partial charge in [0.15, 0.2) is 0 Å². The second-order valence-electron chi connectivity index (χ2n) is 3.00. The second kappa shape index (κ2) is 4.84. The van der Waals surface area contributed by atoms with Crippen LogP contribution in [0.4, 0.5) is 19.7 Å². The molecule has 1 aromatic carbocycles. The Morgan fingerprint density at radius 3 is 2.47 bits per heavy atom. The van der Waals surface area contributed by atoms with Gasteiger partial charge in [-0.25, -0.2) is 0 Å². The van der Waals surface area contributed by atoms with Gasteiger partial charge in [0.05, 0.1) is 5.02 Å². The fourth-order valence-electron chi connectivity index (χ4n) is 1.05. The highest BCUT2D eigenvalue weighted by atomic mass is 35.5. The Hall–Kier alpha value is -1.41. The van der Waals surface area contributed by atoms with Crippen LogP contribution in [0.2, 0.25) is 5.02 Å². The van der Waals surface area contributed by atoms with Crippen molar-refractivity contribution < 1.29 is 21.6 Å². The molecule has 0 aromatic heterocycles. The van der Waals surface area contributed by atoms with E-state index in [1.807, 2.05) is 0 Å². The van der Waals surface area contributed by atoms with E-state index in [0.29, 0.717) is 0 Å². The number of rotatable bonds is 3. The molecular formula is C8H7ClF2N2O3S. The van der Waals surface area contributed by atoms with Gasteiger partial charge in [-0.1, -0.05) is 24.5 Å². The monoisotopic (exact) mass is 284 g/mol. The van der Waals surface area contributed by atoms with E-state index in [9.17, 15) is 21.6 Å². The van der Waals surface area contributed by atoms with Crippen molar-refractivity contribution in [1.82, 2.24) is 0 Å². The number of carbonyl (C=O) groups is 1. The van der Waals surface area contributed by atoms with Crippen LogP contribution >= 0.6 is 11.6 Å².